The van der Waals surface area contributed by atoms with E-state index in [-0.39, 0.29) is 63.0 Å². The van der Waals surface area contributed by atoms with Gasteiger partial charge in [-0.3, -0.25) is 48.3 Å². The molecule has 1 rings (SSSR count). The molecule has 0 saturated carbocycles. The number of primary amides is 1. The summed E-state index contributed by atoms with van der Waals surface area (Å²) < 4.78 is 0. The molecular weight excluding hydrogens is 869 g/mol. The number of aliphatic imine (C=N–C) groups is 2. The number of aliphatic carboxylic acids is 2. The molecule has 66 heavy (non-hydrogen) atoms. The average Bonchev–Trinajstić information content (AvgIpc) is 3.26. The number of carboxylic acids is 2. The van der Waals surface area contributed by atoms with Crippen LogP contribution in [-0.2, 0) is 49.6 Å². The van der Waals surface area contributed by atoms with E-state index >= 15 is 0 Å². The van der Waals surface area contributed by atoms with Gasteiger partial charge in [-0.15, -0.1) is 0 Å². The molecule has 1 aromatic rings. The van der Waals surface area contributed by atoms with Crippen molar-refractivity contribution >= 4 is 65.2 Å². The largest absolute Gasteiger partial charge is 0.481 e. The topological polar surface area (TPSA) is 467 Å². The van der Waals surface area contributed by atoms with Gasteiger partial charge in [0.25, 0.3) is 0 Å². The zero-order valence-corrected chi connectivity index (χ0v) is 37.1. The van der Waals surface area contributed by atoms with Crippen LogP contribution >= 0.6 is 0 Å². The molecule has 26 heteroatoms. The normalized spacial score (nSPS) is 14.4. The molecule has 0 saturated heterocycles. The van der Waals surface area contributed by atoms with Crippen molar-refractivity contribution in [2.75, 3.05) is 19.7 Å². The second-order valence-corrected chi connectivity index (χ2v) is 15.3. The van der Waals surface area contributed by atoms with Gasteiger partial charge in [-0.25, -0.2) is 4.79 Å². The summed E-state index contributed by atoms with van der Waals surface area (Å²) in [6.45, 7) is 2.52. The molecular formula is C40H66N14O12. The fraction of sp³-hybridized carbons (Fsp3) is 0.575. The molecule has 0 aliphatic heterocycles. The molecule has 26 nitrogen and oxygen atoms in total. The zero-order chi connectivity index (χ0) is 49.9. The maximum Gasteiger partial charge on any atom is 0.326 e. The van der Waals surface area contributed by atoms with Gasteiger partial charge in [0.1, 0.15) is 36.3 Å². The van der Waals surface area contributed by atoms with E-state index in [9.17, 15) is 58.5 Å². The number of rotatable bonds is 32. The fourth-order valence-electron chi connectivity index (χ4n) is 6.02. The van der Waals surface area contributed by atoms with Crippen molar-refractivity contribution in [3.8, 4) is 0 Å². The zero-order valence-electron chi connectivity index (χ0n) is 37.1. The van der Waals surface area contributed by atoms with Gasteiger partial charge < -0.3 is 81.6 Å². The summed E-state index contributed by atoms with van der Waals surface area (Å²) in [5, 5.41) is 43.8. The highest BCUT2D eigenvalue weighted by Gasteiger charge is 2.34. The van der Waals surface area contributed by atoms with E-state index in [1.165, 1.54) is 0 Å². The molecule has 0 heterocycles. The molecule has 0 radical (unpaired) electrons. The minimum atomic E-state index is -1.83. The van der Waals surface area contributed by atoms with E-state index in [1.54, 1.807) is 37.3 Å². The second-order valence-electron chi connectivity index (χ2n) is 15.3. The van der Waals surface area contributed by atoms with Crippen molar-refractivity contribution in [2.45, 2.75) is 120 Å². The van der Waals surface area contributed by atoms with Crippen LogP contribution in [0.2, 0.25) is 0 Å². The van der Waals surface area contributed by atoms with Crippen molar-refractivity contribution < 1.29 is 58.5 Å². The van der Waals surface area contributed by atoms with E-state index in [0.717, 1.165) is 0 Å². The predicted octanol–water partition coefficient (Wildman–Crippen LogP) is -5.17. The van der Waals surface area contributed by atoms with Crippen LogP contribution in [0.4, 0.5) is 0 Å². The first-order valence-electron chi connectivity index (χ1n) is 21.2. The molecule has 0 aliphatic carbocycles. The third-order valence-electron chi connectivity index (χ3n) is 10.0. The average molecular weight is 935 g/mol. The Morgan fingerprint density at radius 2 is 0.970 bits per heavy atom. The van der Waals surface area contributed by atoms with Crippen LogP contribution in [0.1, 0.15) is 77.2 Å². The van der Waals surface area contributed by atoms with Gasteiger partial charge in [-0.2, -0.15) is 0 Å². The molecule has 8 atom stereocenters. The Hall–Kier alpha value is -7.09. The third-order valence-corrected chi connectivity index (χ3v) is 10.0. The number of carboxylic acid groups (broad SMARTS) is 2. The molecule has 21 N–H and O–H groups in total. The van der Waals surface area contributed by atoms with Crippen LogP contribution in [0.15, 0.2) is 40.3 Å². The summed E-state index contributed by atoms with van der Waals surface area (Å²) in [7, 11) is 0. The maximum absolute atomic E-state index is 13.8. The molecule has 7 amide bonds. The van der Waals surface area contributed by atoms with Gasteiger partial charge in [0, 0.05) is 32.4 Å². The van der Waals surface area contributed by atoms with Crippen LogP contribution in [0.3, 0.4) is 0 Å². The Bertz CT molecular complexity index is 1860. The highest BCUT2D eigenvalue weighted by Crippen LogP contribution is 2.10. The third kappa shape index (κ3) is 22.5. The Balaban J connectivity index is 3.39. The first kappa shape index (κ1) is 56.9. The van der Waals surface area contributed by atoms with E-state index in [0.29, 0.717) is 12.0 Å². The minimum Gasteiger partial charge on any atom is -0.481 e. The number of amides is 7. The number of hydrogen-bond acceptors (Lipinski definition) is 13. The number of nitrogens with one attached hydrogen (secondary N) is 6. The number of carbonyl (C=O) groups is 9. The molecule has 0 unspecified atom stereocenters. The van der Waals surface area contributed by atoms with Crippen molar-refractivity contribution in [3.63, 3.8) is 0 Å². The maximum atomic E-state index is 13.8. The summed E-state index contributed by atoms with van der Waals surface area (Å²) in [5.74, 6) is -10.4. The molecule has 0 aliphatic rings. The number of aliphatic hydroxyl groups is 1. The van der Waals surface area contributed by atoms with Gasteiger partial charge in [-0.05, 0) is 50.0 Å². The van der Waals surface area contributed by atoms with Gasteiger partial charge in [-0.1, -0.05) is 50.6 Å². The number of hydrogen-bond donors (Lipinski definition) is 15. The second kappa shape index (κ2) is 30.1. The molecule has 368 valence electrons. The standard InChI is InChI=1S/C40H66N14O12/c1-3-21(2)31(42)37(64)52-24(12-8-18-48-40(45)46)32(59)50-25(13-15-29(41)56)34(61)51-26(14-16-30(57)58)35(62)54-28(20-55)36(63)49-23(11-7-17-47-39(43)44)33(60)53-27(38(65)66)19-22-9-5-4-6-10-22/h4-6,9-10,21,23-28,31,55H,3,7-8,11-20,42H2,1-2H3,(H2,41,56)(H,49,63)(H,50,59)(H,51,61)(H,52,64)(H,53,60)(H,54,62)(H,57,58)(H,65,66)(H4,43,44,47)(H4,45,46,48)/t21-,23-,24-,25-,26-,27-,28-,31-/m0/s1. The van der Waals surface area contributed by atoms with Crippen LogP contribution in [0.25, 0.3) is 0 Å². The Labute approximate surface area is 381 Å². The van der Waals surface area contributed by atoms with Gasteiger partial charge in [0.2, 0.25) is 41.4 Å². The highest BCUT2D eigenvalue weighted by molar-refractivity contribution is 5.97. The monoisotopic (exact) mass is 934 g/mol. The first-order valence-corrected chi connectivity index (χ1v) is 21.2. The van der Waals surface area contributed by atoms with E-state index < -0.39 is 128 Å². The fourth-order valence-corrected chi connectivity index (χ4v) is 6.02. The quantitative estimate of drug-likeness (QED) is 0.0182. The van der Waals surface area contributed by atoms with Crippen molar-refractivity contribution in [3.05, 3.63) is 35.9 Å². The van der Waals surface area contributed by atoms with Crippen LogP contribution in [-0.4, -0.2) is 143 Å². The lowest BCUT2D eigenvalue weighted by Gasteiger charge is -2.27. The lowest BCUT2D eigenvalue weighted by Crippen LogP contribution is -2.60. The van der Waals surface area contributed by atoms with E-state index in [2.05, 4.69) is 41.9 Å². The summed E-state index contributed by atoms with van der Waals surface area (Å²) in [5.41, 5.74) is 33.5. The van der Waals surface area contributed by atoms with E-state index in [4.69, 9.17) is 34.4 Å². The van der Waals surface area contributed by atoms with Gasteiger partial charge in [0.05, 0.1) is 12.6 Å². The van der Waals surface area contributed by atoms with E-state index in [1.807, 2.05) is 6.92 Å². The number of nitrogens with two attached hydrogens (primary N) is 6. The molecule has 0 fully saturated rings. The summed E-state index contributed by atoms with van der Waals surface area (Å²) in [4.78, 5) is 124. The van der Waals surface area contributed by atoms with Gasteiger partial charge >= 0.3 is 11.9 Å². The summed E-state index contributed by atoms with van der Waals surface area (Å²) in [6, 6.07) is -2.03. The van der Waals surface area contributed by atoms with Gasteiger partial charge in [0.15, 0.2) is 11.9 Å². The Kier molecular flexibility index (Phi) is 26.0. The number of aliphatic hydroxyl groups excluding tert-OH is 1. The number of carbonyl (C=O) groups excluding carboxylic acids is 7. The summed E-state index contributed by atoms with van der Waals surface area (Å²) in [6.07, 6.45) is -1.70. The molecule has 0 aromatic heterocycles. The van der Waals surface area contributed by atoms with Crippen LogP contribution in [0, 0.1) is 5.92 Å². The molecule has 0 spiro atoms. The van der Waals surface area contributed by atoms with Crippen molar-refractivity contribution in [1.29, 1.82) is 0 Å². The number of guanidine groups is 2. The van der Waals surface area contributed by atoms with Crippen molar-refractivity contribution in [1.82, 2.24) is 31.9 Å². The Morgan fingerprint density at radius 3 is 1.36 bits per heavy atom. The molecule has 0 bridgehead atoms. The summed E-state index contributed by atoms with van der Waals surface area (Å²) >= 11 is 0. The predicted molar refractivity (Wildman–Crippen MR) is 239 cm³/mol. The lowest BCUT2D eigenvalue weighted by molar-refractivity contribution is -0.142. The number of benzene rings is 1. The highest BCUT2D eigenvalue weighted by atomic mass is 16.4. The SMILES string of the molecule is CC[C@H](C)[C@H](N)C(=O)N[C@@H](CCCN=C(N)N)C(=O)N[C@@H](CCC(N)=O)C(=O)N[C@@H](CCC(=O)O)C(=O)N[C@@H](CO)C(=O)N[C@@H](CCCN=C(N)N)C(=O)N[C@@H](Cc1ccccc1)C(=O)O. The lowest BCUT2D eigenvalue weighted by atomic mass is 9.98. The minimum absolute atomic E-state index is 0.00147. The van der Waals surface area contributed by atoms with Crippen LogP contribution < -0.4 is 66.3 Å². The number of nitrogens with zero attached hydrogens (tertiary/aromatic N) is 2. The van der Waals surface area contributed by atoms with Crippen molar-refractivity contribution in [2.24, 2.45) is 50.3 Å². The smallest absolute Gasteiger partial charge is 0.326 e. The van der Waals surface area contributed by atoms with Crippen LogP contribution in [0.5, 0.6) is 0 Å². The first-order chi connectivity index (χ1) is 31.1. The molecule has 1 aromatic carbocycles. The Morgan fingerprint density at radius 1 is 0.576 bits per heavy atom.